The van der Waals surface area contributed by atoms with Gasteiger partial charge in [-0.3, -0.25) is 4.79 Å². The van der Waals surface area contributed by atoms with E-state index in [-0.39, 0.29) is 23.3 Å². The Morgan fingerprint density at radius 1 is 1.16 bits per heavy atom. The van der Waals surface area contributed by atoms with E-state index in [1.807, 2.05) is 29.7 Å². The highest BCUT2D eigenvalue weighted by molar-refractivity contribution is 7.99. The van der Waals surface area contributed by atoms with Crippen molar-refractivity contribution in [1.82, 2.24) is 14.8 Å². The summed E-state index contributed by atoms with van der Waals surface area (Å²) in [6.45, 7) is 6.86. The zero-order valence-corrected chi connectivity index (χ0v) is 19.9. The Balaban J connectivity index is 1.63. The summed E-state index contributed by atoms with van der Waals surface area (Å²) < 4.78 is 20.8. The fourth-order valence-electron chi connectivity index (χ4n) is 3.29. The number of aryl methyl sites for hydroxylation is 2. The SMILES string of the molecule is CCc1cccc(CC)c1NC(=O)CSc1nnc(COc2ccc(F)cc2Cl)n1CC. The molecule has 3 aromatic rings. The van der Waals surface area contributed by atoms with Crippen molar-refractivity contribution in [2.45, 2.75) is 51.9 Å². The van der Waals surface area contributed by atoms with E-state index in [0.717, 1.165) is 29.7 Å². The van der Waals surface area contributed by atoms with Crippen LogP contribution in [0.1, 0.15) is 37.7 Å². The Bertz CT molecular complexity index is 1070. The van der Waals surface area contributed by atoms with Crippen LogP contribution in [-0.2, 0) is 30.8 Å². The number of thioether (sulfide) groups is 1. The van der Waals surface area contributed by atoms with Gasteiger partial charge in [0, 0.05) is 12.2 Å². The van der Waals surface area contributed by atoms with Crippen LogP contribution < -0.4 is 10.1 Å². The van der Waals surface area contributed by atoms with Crippen LogP contribution >= 0.6 is 23.4 Å². The lowest BCUT2D eigenvalue weighted by molar-refractivity contribution is -0.113. The van der Waals surface area contributed by atoms with Gasteiger partial charge in [-0.15, -0.1) is 10.2 Å². The second-order valence-electron chi connectivity index (χ2n) is 7.00. The molecule has 0 saturated heterocycles. The Hall–Kier alpha value is -2.58. The molecule has 0 aliphatic rings. The highest BCUT2D eigenvalue weighted by atomic mass is 35.5. The molecule has 32 heavy (non-hydrogen) atoms. The number of halogens is 2. The highest BCUT2D eigenvalue weighted by Crippen LogP contribution is 2.27. The predicted octanol–water partition coefficient (Wildman–Crippen LogP) is 5.53. The summed E-state index contributed by atoms with van der Waals surface area (Å²) in [5.74, 6) is 0.661. The molecular formula is C23H26ClFN4O2S. The smallest absolute Gasteiger partial charge is 0.234 e. The summed E-state index contributed by atoms with van der Waals surface area (Å²) in [4.78, 5) is 12.6. The number of hydrogen-bond acceptors (Lipinski definition) is 5. The molecule has 1 heterocycles. The van der Waals surface area contributed by atoms with E-state index in [2.05, 4.69) is 29.4 Å². The Labute approximate surface area is 196 Å². The molecule has 9 heteroatoms. The zero-order chi connectivity index (χ0) is 23.1. The van der Waals surface area contributed by atoms with Crippen LogP contribution in [0.5, 0.6) is 5.75 Å². The van der Waals surface area contributed by atoms with E-state index in [0.29, 0.717) is 23.3 Å². The van der Waals surface area contributed by atoms with Crippen molar-refractivity contribution in [3.63, 3.8) is 0 Å². The minimum atomic E-state index is -0.427. The molecule has 2 aromatic carbocycles. The second-order valence-corrected chi connectivity index (χ2v) is 8.35. The van der Waals surface area contributed by atoms with Crippen molar-refractivity contribution in [1.29, 1.82) is 0 Å². The maximum absolute atomic E-state index is 13.2. The maximum atomic E-state index is 13.2. The molecule has 0 atom stereocenters. The summed E-state index contributed by atoms with van der Waals surface area (Å²) in [6, 6.07) is 10.1. The molecule has 0 aliphatic carbocycles. The van der Waals surface area contributed by atoms with Gasteiger partial charge in [0.15, 0.2) is 11.0 Å². The average Bonchev–Trinajstić information content (AvgIpc) is 3.19. The van der Waals surface area contributed by atoms with Crippen LogP contribution in [0.2, 0.25) is 5.02 Å². The van der Waals surface area contributed by atoms with Gasteiger partial charge in [0.2, 0.25) is 5.91 Å². The van der Waals surface area contributed by atoms with E-state index >= 15 is 0 Å². The van der Waals surface area contributed by atoms with Crippen LogP contribution in [0.25, 0.3) is 0 Å². The minimum Gasteiger partial charge on any atom is -0.484 e. The molecule has 0 saturated carbocycles. The first kappa shape index (κ1) is 24.1. The van der Waals surface area contributed by atoms with Crippen molar-refractivity contribution >= 4 is 35.0 Å². The van der Waals surface area contributed by atoms with E-state index in [1.54, 1.807) is 0 Å². The lowest BCUT2D eigenvalue weighted by atomic mass is 10.0. The van der Waals surface area contributed by atoms with Gasteiger partial charge in [0.05, 0.1) is 10.8 Å². The first-order valence-electron chi connectivity index (χ1n) is 10.5. The van der Waals surface area contributed by atoms with Crippen LogP contribution in [0.15, 0.2) is 41.6 Å². The molecule has 0 bridgehead atoms. The molecule has 0 radical (unpaired) electrons. The van der Waals surface area contributed by atoms with Crippen LogP contribution in [-0.4, -0.2) is 26.4 Å². The van der Waals surface area contributed by atoms with Crippen molar-refractivity contribution in [3.8, 4) is 5.75 Å². The standard InChI is InChI=1S/C23H26ClFN4O2S/c1-4-15-8-7-9-16(5-2)22(15)26-21(30)14-32-23-28-27-20(29(23)6-3)13-31-19-11-10-17(25)12-18(19)24/h7-12H,4-6,13-14H2,1-3H3,(H,26,30). The Kier molecular flexibility index (Phi) is 8.53. The zero-order valence-electron chi connectivity index (χ0n) is 18.3. The van der Waals surface area contributed by atoms with Gasteiger partial charge >= 0.3 is 0 Å². The maximum Gasteiger partial charge on any atom is 0.234 e. The largest absolute Gasteiger partial charge is 0.484 e. The topological polar surface area (TPSA) is 69.0 Å². The molecule has 1 N–H and O–H groups in total. The normalized spacial score (nSPS) is 10.9. The predicted molar refractivity (Wildman–Crippen MR) is 126 cm³/mol. The first-order valence-corrected chi connectivity index (χ1v) is 11.9. The van der Waals surface area contributed by atoms with E-state index in [4.69, 9.17) is 16.3 Å². The fraction of sp³-hybridized carbons (Fsp3) is 0.348. The van der Waals surface area contributed by atoms with Crippen LogP contribution in [0, 0.1) is 5.82 Å². The average molecular weight is 477 g/mol. The first-order chi connectivity index (χ1) is 15.5. The third-order valence-corrected chi connectivity index (χ3v) is 6.22. The molecule has 6 nitrogen and oxygen atoms in total. The van der Waals surface area contributed by atoms with Crippen molar-refractivity contribution in [2.75, 3.05) is 11.1 Å². The lowest BCUT2D eigenvalue weighted by Crippen LogP contribution is -2.17. The van der Waals surface area contributed by atoms with Gasteiger partial charge in [-0.05, 0) is 49.1 Å². The third-order valence-electron chi connectivity index (χ3n) is 4.96. The molecular weight excluding hydrogens is 451 g/mol. The fourth-order valence-corrected chi connectivity index (χ4v) is 4.34. The van der Waals surface area contributed by atoms with E-state index in [1.165, 1.54) is 30.0 Å². The van der Waals surface area contributed by atoms with Gasteiger partial charge in [-0.2, -0.15) is 0 Å². The number of aromatic nitrogens is 3. The number of nitrogens with zero attached hydrogens (tertiary/aromatic N) is 3. The molecule has 0 spiro atoms. The highest BCUT2D eigenvalue weighted by Gasteiger charge is 2.16. The summed E-state index contributed by atoms with van der Waals surface area (Å²) >= 11 is 7.33. The number of nitrogens with one attached hydrogen (secondary N) is 1. The molecule has 1 aromatic heterocycles. The number of rotatable bonds is 10. The Morgan fingerprint density at radius 2 is 1.88 bits per heavy atom. The van der Waals surface area contributed by atoms with Gasteiger partial charge < -0.3 is 14.6 Å². The van der Waals surface area contributed by atoms with Gasteiger partial charge in [-0.25, -0.2) is 4.39 Å². The summed E-state index contributed by atoms with van der Waals surface area (Å²) in [5, 5.41) is 12.3. The van der Waals surface area contributed by atoms with Crippen molar-refractivity contribution in [3.05, 3.63) is 64.2 Å². The van der Waals surface area contributed by atoms with Gasteiger partial charge in [0.25, 0.3) is 0 Å². The molecule has 1 amide bonds. The number of ether oxygens (including phenoxy) is 1. The molecule has 0 aliphatic heterocycles. The van der Waals surface area contributed by atoms with Crippen LogP contribution in [0.4, 0.5) is 10.1 Å². The van der Waals surface area contributed by atoms with Crippen molar-refractivity contribution < 1.29 is 13.9 Å². The number of anilines is 1. The number of hydrogen-bond donors (Lipinski definition) is 1. The van der Waals surface area contributed by atoms with Crippen molar-refractivity contribution in [2.24, 2.45) is 0 Å². The summed E-state index contributed by atoms with van der Waals surface area (Å²) in [5.41, 5.74) is 3.15. The molecule has 0 fully saturated rings. The number of carbonyl (C=O) groups excluding carboxylic acids is 1. The molecule has 170 valence electrons. The second kappa shape index (κ2) is 11.3. The van der Waals surface area contributed by atoms with Gasteiger partial charge in [-0.1, -0.05) is 55.4 Å². The van der Waals surface area contributed by atoms with E-state index in [9.17, 15) is 9.18 Å². The minimum absolute atomic E-state index is 0.0906. The number of amides is 1. The van der Waals surface area contributed by atoms with Gasteiger partial charge in [0.1, 0.15) is 18.2 Å². The third kappa shape index (κ3) is 5.81. The number of carbonyl (C=O) groups is 1. The molecule has 0 unspecified atom stereocenters. The lowest BCUT2D eigenvalue weighted by Gasteiger charge is -2.14. The monoisotopic (exact) mass is 476 g/mol. The quantitative estimate of drug-likeness (QED) is 0.390. The number of benzene rings is 2. The molecule has 3 rings (SSSR count). The Morgan fingerprint density at radius 3 is 2.50 bits per heavy atom. The number of para-hydroxylation sites is 1. The summed E-state index contributed by atoms with van der Waals surface area (Å²) in [7, 11) is 0. The van der Waals surface area contributed by atoms with E-state index < -0.39 is 5.82 Å². The summed E-state index contributed by atoms with van der Waals surface area (Å²) in [6.07, 6.45) is 1.70. The van der Waals surface area contributed by atoms with Crippen LogP contribution in [0.3, 0.4) is 0 Å².